The summed E-state index contributed by atoms with van der Waals surface area (Å²) in [6, 6.07) is 14.7. The number of halogens is 1. The molecule has 148 valence electrons. The van der Waals surface area contributed by atoms with Gasteiger partial charge in [0.25, 0.3) is 0 Å². The maximum absolute atomic E-state index is 12.1. The lowest BCUT2D eigenvalue weighted by molar-refractivity contribution is -0.114. The summed E-state index contributed by atoms with van der Waals surface area (Å²) in [5.41, 5.74) is 2.05. The molecule has 0 bridgehead atoms. The van der Waals surface area contributed by atoms with E-state index in [1.165, 1.54) is 17.7 Å². The van der Waals surface area contributed by atoms with Crippen LogP contribution in [0.2, 0.25) is 0 Å². The number of phenols is 1. The van der Waals surface area contributed by atoms with Crippen LogP contribution in [0, 0.1) is 0 Å². The van der Waals surface area contributed by atoms with E-state index in [9.17, 15) is 9.90 Å². The number of hydrogen-bond donors (Lipinski definition) is 4. The predicted molar refractivity (Wildman–Crippen MR) is 116 cm³/mol. The molecule has 0 heterocycles. The van der Waals surface area contributed by atoms with Crippen molar-refractivity contribution in [2.45, 2.75) is 25.2 Å². The molecule has 3 rings (SSSR count). The molecule has 1 aliphatic carbocycles. The quantitative estimate of drug-likeness (QED) is 0.299. The normalized spacial score (nSPS) is 15.0. The number of benzene rings is 2. The zero-order chi connectivity index (χ0) is 20.0. The first-order chi connectivity index (χ1) is 13.5. The van der Waals surface area contributed by atoms with E-state index in [0.717, 1.165) is 23.9 Å². The highest BCUT2D eigenvalue weighted by atomic mass is 79.9. The second-order valence-corrected chi connectivity index (χ2v) is 7.76. The summed E-state index contributed by atoms with van der Waals surface area (Å²) in [6.07, 6.45) is 2.26. The van der Waals surface area contributed by atoms with Crippen LogP contribution < -0.4 is 16.0 Å². The van der Waals surface area contributed by atoms with Gasteiger partial charge in [-0.15, -0.1) is 0 Å². The molecule has 2 aromatic rings. The Hall–Kier alpha value is -2.54. The third-order valence-corrected chi connectivity index (χ3v) is 5.46. The van der Waals surface area contributed by atoms with Gasteiger partial charge in [0.2, 0.25) is 5.91 Å². The third kappa shape index (κ3) is 5.25. The first kappa shape index (κ1) is 20.2. The van der Waals surface area contributed by atoms with Gasteiger partial charge in [0.15, 0.2) is 5.96 Å². The number of carbonyl (C=O) groups excluding carboxylic acids is 1. The molecular formula is C21H25BrN4O2. The van der Waals surface area contributed by atoms with Gasteiger partial charge in [0.05, 0.1) is 0 Å². The van der Waals surface area contributed by atoms with Crippen molar-refractivity contribution in [2.75, 3.05) is 25.0 Å². The zero-order valence-corrected chi connectivity index (χ0v) is 17.4. The van der Waals surface area contributed by atoms with Gasteiger partial charge in [-0.2, -0.15) is 0 Å². The Bertz CT molecular complexity index is 848. The Morgan fingerprint density at radius 1 is 1.14 bits per heavy atom. The fraction of sp³-hybridized carbons (Fsp3) is 0.333. The molecule has 1 saturated carbocycles. The van der Waals surface area contributed by atoms with Crippen molar-refractivity contribution in [1.82, 2.24) is 10.6 Å². The van der Waals surface area contributed by atoms with Crippen LogP contribution in [0.5, 0.6) is 5.75 Å². The van der Waals surface area contributed by atoms with E-state index in [4.69, 9.17) is 0 Å². The van der Waals surface area contributed by atoms with E-state index in [-0.39, 0.29) is 23.6 Å². The van der Waals surface area contributed by atoms with Crippen LogP contribution >= 0.6 is 15.9 Å². The highest BCUT2D eigenvalue weighted by Gasteiger charge is 2.45. The largest absolute Gasteiger partial charge is 0.508 e. The standard InChI is InChI=1S/C21H25BrN4O2/c1-2-23-20(24-13-19(28)26-15-7-9-16(27)10-8-15)25-14-21(11-12-21)17-5-3-4-6-18(17)22/h3-10,27H,2,11-14H2,1H3,(H,26,28)(H2,23,24,25). The summed E-state index contributed by atoms with van der Waals surface area (Å²) >= 11 is 3.65. The lowest BCUT2D eigenvalue weighted by atomic mass is 9.96. The molecule has 0 saturated heterocycles. The number of hydrogen-bond acceptors (Lipinski definition) is 3. The minimum absolute atomic E-state index is 0.0121. The van der Waals surface area contributed by atoms with Crippen LogP contribution in [-0.4, -0.2) is 36.6 Å². The fourth-order valence-electron chi connectivity index (χ4n) is 3.07. The number of aromatic hydroxyl groups is 1. The number of aliphatic imine (C=N–C) groups is 1. The average molecular weight is 445 g/mol. The number of carbonyl (C=O) groups is 1. The number of anilines is 1. The lowest BCUT2D eigenvalue weighted by Crippen LogP contribution is -2.41. The molecule has 1 fully saturated rings. The van der Waals surface area contributed by atoms with Crippen LogP contribution in [0.3, 0.4) is 0 Å². The molecule has 7 heteroatoms. The SMILES string of the molecule is CCNC(=NCC(=O)Nc1ccc(O)cc1)NCC1(c2ccccc2Br)CC1. The maximum atomic E-state index is 12.1. The van der Waals surface area contributed by atoms with Gasteiger partial charge in [0, 0.05) is 28.7 Å². The molecule has 0 unspecified atom stereocenters. The third-order valence-electron chi connectivity index (χ3n) is 4.77. The highest BCUT2D eigenvalue weighted by molar-refractivity contribution is 9.10. The summed E-state index contributed by atoms with van der Waals surface area (Å²) in [6.45, 7) is 3.49. The van der Waals surface area contributed by atoms with E-state index in [1.807, 2.05) is 13.0 Å². The molecule has 28 heavy (non-hydrogen) atoms. The maximum Gasteiger partial charge on any atom is 0.246 e. The number of guanidine groups is 1. The van der Waals surface area contributed by atoms with E-state index in [1.54, 1.807) is 12.1 Å². The van der Waals surface area contributed by atoms with Gasteiger partial charge in [-0.05, 0) is 55.7 Å². The first-order valence-corrected chi connectivity index (χ1v) is 10.2. The molecule has 0 atom stereocenters. The van der Waals surface area contributed by atoms with E-state index >= 15 is 0 Å². The van der Waals surface area contributed by atoms with Crippen LogP contribution in [0.1, 0.15) is 25.3 Å². The smallest absolute Gasteiger partial charge is 0.246 e. The Kier molecular flexibility index (Phi) is 6.57. The number of amides is 1. The molecule has 0 spiro atoms. The molecule has 1 aliphatic rings. The molecule has 0 aromatic heterocycles. The van der Waals surface area contributed by atoms with Crippen molar-refractivity contribution >= 4 is 33.5 Å². The van der Waals surface area contributed by atoms with Crippen molar-refractivity contribution in [3.8, 4) is 5.75 Å². The molecular weight excluding hydrogens is 420 g/mol. The summed E-state index contributed by atoms with van der Waals surface area (Å²) < 4.78 is 1.13. The fourth-order valence-corrected chi connectivity index (χ4v) is 3.78. The van der Waals surface area contributed by atoms with Gasteiger partial charge < -0.3 is 21.1 Å². The number of nitrogens with one attached hydrogen (secondary N) is 3. The predicted octanol–water partition coefficient (Wildman–Crippen LogP) is 3.38. The van der Waals surface area contributed by atoms with Gasteiger partial charge in [-0.1, -0.05) is 34.1 Å². The van der Waals surface area contributed by atoms with Crippen molar-refractivity contribution in [1.29, 1.82) is 0 Å². The van der Waals surface area contributed by atoms with Gasteiger partial charge >= 0.3 is 0 Å². The van der Waals surface area contributed by atoms with Gasteiger partial charge in [0.1, 0.15) is 12.3 Å². The number of nitrogens with zero attached hydrogens (tertiary/aromatic N) is 1. The second kappa shape index (κ2) is 9.10. The number of rotatable bonds is 7. The Morgan fingerprint density at radius 2 is 1.86 bits per heavy atom. The summed E-state index contributed by atoms with van der Waals surface area (Å²) in [7, 11) is 0. The molecule has 1 amide bonds. The van der Waals surface area contributed by atoms with Crippen LogP contribution in [0.15, 0.2) is 58.0 Å². The van der Waals surface area contributed by atoms with Crippen molar-refractivity contribution in [3.63, 3.8) is 0 Å². The average Bonchev–Trinajstić information content (AvgIpc) is 3.47. The summed E-state index contributed by atoms with van der Waals surface area (Å²) in [5.74, 6) is 0.574. The Morgan fingerprint density at radius 3 is 2.50 bits per heavy atom. The summed E-state index contributed by atoms with van der Waals surface area (Å²) in [5, 5.41) is 18.6. The monoisotopic (exact) mass is 444 g/mol. The molecule has 0 aliphatic heterocycles. The number of phenolic OH excluding ortho intramolecular Hbond substituents is 1. The first-order valence-electron chi connectivity index (χ1n) is 9.38. The zero-order valence-electron chi connectivity index (χ0n) is 15.8. The van der Waals surface area contributed by atoms with Crippen LogP contribution in [-0.2, 0) is 10.2 Å². The Balaban J connectivity index is 1.58. The minimum atomic E-state index is -0.213. The topological polar surface area (TPSA) is 85.8 Å². The molecule has 6 nitrogen and oxygen atoms in total. The van der Waals surface area contributed by atoms with E-state index in [2.05, 4.69) is 55.1 Å². The van der Waals surface area contributed by atoms with Crippen molar-refractivity contribution in [2.24, 2.45) is 4.99 Å². The van der Waals surface area contributed by atoms with E-state index < -0.39 is 0 Å². The van der Waals surface area contributed by atoms with Gasteiger partial charge in [-0.25, -0.2) is 4.99 Å². The van der Waals surface area contributed by atoms with Gasteiger partial charge in [-0.3, -0.25) is 4.79 Å². The van der Waals surface area contributed by atoms with E-state index in [0.29, 0.717) is 18.2 Å². The summed E-state index contributed by atoms with van der Waals surface area (Å²) in [4.78, 5) is 16.5. The van der Waals surface area contributed by atoms with Crippen molar-refractivity contribution in [3.05, 3.63) is 58.6 Å². The highest BCUT2D eigenvalue weighted by Crippen LogP contribution is 2.49. The van der Waals surface area contributed by atoms with Crippen LogP contribution in [0.4, 0.5) is 5.69 Å². The second-order valence-electron chi connectivity index (χ2n) is 6.90. The Labute approximate surface area is 173 Å². The molecule has 2 aromatic carbocycles. The molecule has 4 N–H and O–H groups in total. The molecule has 0 radical (unpaired) electrons. The van der Waals surface area contributed by atoms with Crippen LogP contribution in [0.25, 0.3) is 0 Å². The van der Waals surface area contributed by atoms with Crippen molar-refractivity contribution < 1.29 is 9.90 Å². The minimum Gasteiger partial charge on any atom is -0.508 e. The lowest BCUT2D eigenvalue weighted by Gasteiger charge is -2.20.